The molecule has 0 bridgehead atoms. The van der Waals surface area contributed by atoms with Gasteiger partial charge in [-0.1, -0.05) is 6.07 Å². The molecule has 1 aromatic rings. The lowest BCUT2D eigenvalue weighted by Crippen LogP contribution is -1.99. The maximum atomic E-state index is 5.72. The van der Waals surface area contributed by atoms with E-state index in [4.69, 9.17) is 4.74 Å². The van der Waals surface area contributed by atoms with Crippen molar-refractivity contribution in [2.24, 2.45) is 5.92 Å². The first-order chi connectivity index (χ1) is 6.92. The van der Waals surface area contributed by atoms with Gasteiger partial charge < -0.3 is 10.1 Å². The highest BCUT2D eigenvalue weighted by molar-refractivity contribution is 5.58. The third-order valence-electron chi connectivity index (χ3n) is 2.97. The summed E-state index contributed by atoms with van der Waals surface area (Å²) in [5.41, 5.74) is 2.68. The molecule has 0 amide bonds. The average Bonchev–Trinajstić information content (AvgIpc) is 2.92. The molecule has 0 unspecified atom stereocenters. The van der Waals surface area contributed by atoms with Gasteiger partial charge in [-0.3, -0.25) is 0 Å². The summed E-state index contributed by atoms with van der Waals surface area (Å²) < 4.78 is 5.72. The zero-order valence-electron chi connectivity index (χ0n) is 8.25. The highest BCUT2D eigenvalue weighted by atomic mass is 16.5. The number of hydrogen-bond acceptors (Lipinski definition) is 2. The molecule has 1 aromatic carbocycles. The van der Waals surface area contributed by atoms with Gasteiger partial charge in [0.25, 0.3) is 0 Å². The first-order valence-corrected chi connectivity index (χ1v) is 5.41. The van der Waals surface area contributed by atoms with Crippen molar-refractivity contribution < 1.29 is 4.74 Å². The maximum Gasteiger partial charge on any atom is 0.121 e. The number of fused-ring (bicyclic) bond motifs is 1. The number of nitrogens with one attached hydrogen (secondary N) is 1. The Labute approximate surface area is 84.3 Å². The molecule has 1 heterocycles. The van der Waals surface area contributed by atoms with Gasteiger partial charge in [0.05, 0.1) is 6.61 Å². The summed E-state index contributed by atoms with van der Waals surface area (Å²) >= 11 is 0. The molecule has 14 heavy (non-hydrogen) atoms. The Hall–Kier alpha value is -1.18. The van der Waals surface area contributed by atoms with Crippen LogP contribution in [0.1, 0.15) is 18.4 Å². The van der Waals surface area contributed by atoms with Crippen LogP contribution in [-0.4, -0.2) is 13.2 Å². The Bertz CT molecular complexity index is 344. The van der Waals surface area contributed by atoms with Crippen LogP contribution >= 0.6 is 0 Å². The molecule has 2 nitrogen and oxygen atoms in total. The Morgan fingerprint density at radius 1 is 1.36 bits per heavy atom. The van der Waals surface area contributed by atoms with Crippen molar-refractivity contribution in [3.05, 3.63) is 23.8 Å². The van der Waals surface area contributed by atoms with E-state index in [0.717, 1.165) is 31.2 Å². The van der Waals surface area contributed by atoms with Crippen LogP contribution in [-0.2, 0) is 6.42 Å². The Kier molecular flexibility index (Phi) is 1.86. The molecule has 1 aliphatic heterocycles. The van der Waals surface area contributed by atoms with E-state index in [1.807, 2.05) is 0 Å². The quantitative estimate of drug-likeness (QED) is 0.788. The van der Waals surface area contributed by atoms with Crippen molar-refractivity contribution in [3.63, 3.8) is 0 Å². The second-order valence-electron chi connectivity index (χ2n) is 4.25. The molecule has 1 N–H and O–H groups in total. The third kappa shape index (κ3) is 1.57. The van der Waals surface area contributed by atoms with Gasteiger partial charge in [0.15, 0.2) is 0 Å². The Morgan fingerprint density at radius 2 is 2.29 bits per heavy atom. The average molecular weight is 189 g/mol. The van der Waals surface area contributed by atoms with Crippen LogP contribution in [0.15, 0.2) is 18.2 Å². The maximum absolute atomic E-state index is 5.72. The van der Waals surface area contributed by atoms with E-state index in [1.165, 1.54) is 24.1 Å². The molecule has 1 aliphatic carbocycles. The molecule has 0 aromatic heterocycles. The highest BCUT2D eigenvalue weighted by Crippen LogP contribution is 2.31. The molecule has 0 spiro atoms. The molecule has 74 valence electrons. The molecule has 2 aliphatic rings. The van der Waals surface area contributed by atoms with Crippen molar-refractivity contribution in [1.29, 1.82) is 0 Å². The van der Waals surface area contributed by atoms with Crippen LogP contribution in [0.3, 0.4) is 0 Å². The van der Waals surface area contributed by atoms with Crippen molar-refractivity contribution >= 4 is 5.69 Å². The van der Waals surface area contributed by atoms with Crippen LogP contribution in [0.25, 0.3) is 0 Å². The molecule has 1 fully saturated rings. The van der Waals surface area contributed by atoms with Crippen LogP contribution in [0, 0.1) is 5.92 Å². The van der Waals surface area contributed by atoms with Crippen molar-refractivity contribution in [1.82, 2.24) is 0 Å². The highest BCUT2D eigenvalue weighted by Gasteiger charge is 2.22. The van der Waals surface area contributed by atoms with Gasteiger partial charge in [-0.15, -0.1) is 0 Å². The van der Waals surface area contributed by atoms with Crippen LogP contribution in [0.2, 0.25) is 0 Å². The third-order valence-corrected chi connectivity index (χ3v) is 2.97. The van der Waals surface area contributed by atoms with Gasteiger partial charge in [-0.2, -0.15) is 0 Å². The first-order valence-electron chi connectivity index (χ1n) is 5.41. The lowest BCUT2D eigenvalue weighted by Gasteiger charge is -2.07. The molecular formula is C12H15NO. The van der Waals surface area contributed by atoms with Crippen molar-refractivity contribution in [2.45, 2.75) is 19.3 Å². The second kappa shape index (κ2) is 3.19. The van der Waals surface area contributed by atoms with E-state index in [-0.39, 0.29) is 0 Å². The zero-order valence-corrected chi connectivity index (χ0v) is 8.25. The summed E-state index contributed by atoms with van der Waals surface area (Å²) in [6.07, 6.45) is 3.85. The molecule has 1 saturated carbocycles. The van der Waals surface area contributed by atoms with Crippen LogP contribution < -0.4 is 10.1 Å². The van der Waals surface area contributed by atoms with E-state index in [1.54, 1.807) is 0 Å². The minimum atomic E-state index is 0.830. The smallest absolute Gasteiger partial charge is 0.121 e. The summed E-state index contributed by atoms with van der Waals surface area (Å²) in [6, 6.07) is 6.40. The molecule has 3 rings (SSSR count). The zero-order chi connectivity index (χ0) is 9.38. The minimum absolute atomic E-state index is 0.830. The summed E-state index contributed by atoms with van der Waals surface area (Å²) in [4.78, 5) is 0. The van der Waals surface area contributed by atoms with Crippen molar-refractivity contribution in [2.75, 3.05) is 18.5 Å². The number of rotatable bonds is 3. The lowest BCUT2D eigenvalue weighted by molar-refractivity contribution is 0.300. The normalized spacial score (nSPS) is 18.9. The van der Waals surface area contributed by atoms with E-state index < -0.39 is 0 Å². The summed E-state index contributed by atoms with van der Waals surface area (Å²) in [6.45, 7) is 1.97. The SMILES string of the molecule is c1cc2c(cc1OCC1CC1)NCC2. The van der Waals surface area contributed by atoms with E-state index in [2.05, 4.69) is 23.5 Å². The van der Waals surface area contributed by atoms with Gasteiger partial charge in [0, 0.05) is 18.3 Å². The molecular weight excluding hydrogens is 174 g/mol. The Balaban J connectivity index is 1.71. The predicted octanol–water partition coefficient (Wildman–Crippen LogP) is 2.44. The molecule has 0 atom stereocenters. The number of hydrogen-bond donors (Lipinski definition) is 1. The lowest BCUT2D eigenvalue weighted by atomic mass is 10.1. The summed E-state index contributed by atoms with van der Waals surface area (Å²) in [5.74, 6) is 1.85. The van der Waals surface area contributed by atoms with Gasteiger partial charge in [0.1, 0.15) is 5.75 Å². The van der Waals surface area contributed by atoms with Crippen LogP contribution in [0.4, 0.5) is 5.69 Å². The summed E-state index contributed by atoms with van der Waals surface area (Å²) in [7, 11) is 0. The largest absolute Gasteiger partial charge is 0.493 e. The van der Waals surface area contributed by atoms with Crippen molar-refractivity contribution in [3.8, 4) is 5.75 Å². The predicted molar refractivity (Wildman–Crippen MR) is 56.9 cm³/mol. The number of benzene rings is 1. The fourth-order valence-corrected chi connectivity index (χ4v) is 1.86. The minimum Gasteiger partial charge on any atom is -0.493 e. The fourth-order valence-electron chi connectivity index (χ4n) is 1.86. The van der Waals surface area contributed by atoms with E-state index >= 15 is 0 Å². The van der Waals surface area contributed by atoms with Gasteiger partial charge in [0.2, 0.25) is 0 Å². The monoisotopic (exact) mass is 189 g/mol. The molecule has 0 saturated heterocycles. The second-order valence-corrected chi connectivity index (χ2v) is 4.25. The van der Waals surface area contributed by atoms with Crippen LogP contribution in [0.5, 0.6) is 5.75 Å². The first kappa shape index (κ1) is 8.16. The molecule has 0 radical (unpaired) electrons. The Morgan fingerprint density at radius 3 is 3.14 bits per heavy atom. The van der Waals surface area contributed by atoms with E-state index in [9.17, 15) is 0 Å². The topological polar surface area (TPSA) is 21.3 Å². The molecule has 2 heteroatoms. The van der Waals surface area contributed by atoms with E-state index in [0.29, 0.717) is 0 Å². The summed E-state index contributed by atoms with van der Waals surface area (Å²) in [5, 5.41) is 3.36. The van der Waals surface area contributed by atoms with Gasteiger partial charge >= 0.3 is 0 Å². The van der Waals surface area contributed by atoms with Gasteiger partial charge in [-0.05, 0) is 36.8 Å². The number of anilines is 1. The standard InChI is InChI=1S/C12H15NO/c1-2-9(1)8-14-11-4-3-10-5-6-13-12(10)7-11/h3-4,7,9,13H,1-2,5-6,8H2. The van der Waals surface area contributed by atoms with Gasteiger partial charge in [-0.25, -0.2) is 0 Å². The number of ether oxygens (including phenoxy) is 1. The fraction of sp³-hybridized carbons (Fsp3) is 0.500.